The monoisotopic (exact) mass is 430 g/mol. The first-order valence-electron chi connectivity index (χ1n) is 10.7. The molecule has 0 radical (unpaired) electrons. The predicted molar refractivity (Wildman–Crippen MR) is 129 cm³/mol. The molecule has 166 valence electrons. The number of nitrogens with two attached hydrogens (primary N) is 1. The zero-order chi connectivity index (χ0) is 23.1. The molecule has 2 heterocycles. The summed E-state index contributed by atoms with van der Waals surface area (Å²) in [5.74, 6) is 0.728. The number of rotatable bonds is 4. The molecule has 5 heteroatoms. The van der Waals surface area contributed by atoms with Crippen LogP contribution in [0.4, 0.5) is 5.69 Å². The van der Waals surface area contributed by atoms with Gasteiger partial charge in [0.15, 0.2) is 12.1 Å². The summed E-state index contributed by atoms with van der Waals surface area (Å²) in [7, 11) is 2.09. The Morgan fingerprint density at radius 3 is 2.31 bits per heavy atom. The van der Waals surface area contributed by atoms with Crippen LogP contribution in [0.15, 0.2) is 85.2 Å². The fourth-order valence-electron chi connectivity index (χ4n) is 4.01. The average Bonchev–Trinajstić information content (AvgIpc) is 2.82. The van der Waals surface area contributed by atoms with Crippen LogP contribution in [0.5, 0.6) is 0 Å². The highest BCUT2D eigenvalue weighted by atomic mass is 16.5. The van der Waals surface area contributed by atoms with Crippen molar-refractivity contribution >= 4 is 17.8 Å². The molecule has 4 rings (SSSR count). The van der Waals surface area contributed by atoms with Crippen LogP contribution in [0.25, 0.3) is 11.1 Å². The number of ether oxygens (including phenoxy) is 1. The fourth-order valence-corrected chi connectivity index (χ4v) is 4.01. The SMILES string of the molecule is C=CC1=C(C=C)C(=O)CC2(CCN(C)CC2)O1.Nc1ccc(-c2ccccc2)cc1C=O. The van der Waals surface area contributed by atoms with E-state index in [9.17, 15) is 9.59 Å². The lowest BCUT2D eigenvalue weighted by Gasteiger charge is -2.43. The molecule has 1 saturated heterocycles. The van der Waals surface area contributed by atoms with Gasteiger partial charge in [0.1, 0.15) is 11.4 Å². The molecule has 0 amide bonds. The lowest BCUT2D eigenvalue weighted by Crippen LogP contribution is -2.47. The molecule has 5 nitrogen and oxygen atoms in total. The van der Waals surface area contributed by atoms with E-state index in [4.69, 9.17) is 10.5 Å². The first-order valence-corrected chi connectivity index (χ1v) is 10.7. The molecular formula is C27H30N2O3. The van der Waals surface area contributed by atoms with Crippen LogP contribution in [0, 0.1) is 0 Å². The zero-order valence-corrected chi connectivity index (χ0v) is 18.5. The minimum Gasteiger partial charge on any atom is -0.486 e. The number of anilines is 1. The second-order valence-corrected chi connectivity index (χ2v) is 8.20. The number of carbonyl (C=O) groups is 2. The Morgan fingerprint density at radius 1 is 1.03 bits per heavy atom. The van der Waals surface area contributed by atoms with Crippen molar-refractivity contribution in [3.63, 3.8) is 0 Å². The molecule has 2 aromatic carbocycles. The Hall–Kier alpha value is -3.44. The largest absolute Gasteiger partial charge is 0.486 e. The van der Waals surface area contributed by atoms with Gasteiger partial charge in [-0.25, -0.2) is 0 Å². The average molecular weight is 431 g/mol. The van der Waals surface area contributed by atoms with E-state index in [1.54, 1.807) is 24.3 Å². The summed E-state index contributed by atoms with van der Waals surface area (Å²) in [4.78, 5) is 25.1. The number of nitrogens with zero attached hydrogens (tertiary/aromatic N) is 1. The van der Waals surface area contributed by atoms with Crippen LogP contribution >= 0.6 is 0 Å². The van der Waals surface area contributed by atoms with Gasteiger partial charge in [-0.2, -0.15) is 0 Å². The smallest absolute Gasteiger partial charge is 0.170 e. The van der Waals surface area contributed by atoms with Crippen molar-refractivity contribution in [1.29, 1.82) is 0 Å². The van der Waals surface area contributed by atoms with Crippen molar-refractivity contribution in [2.24, 2.45) is 0 Å². The minimum atomic E-state index is -0.306. The molecule has 2 aliphatic rings. The molecular weight excluding hydrogens is 400 g/mol. The Labute approximate surface area is 189 Å². The maximum absolute atomic E-state index is 12.1. The molecule has 32 heavy (non-hydrogen) atoms. The third kappa shape index (κ3) is 5.24. The van der Waals surface area contributed by atoms with Crippen LogP contribution < -0.4 is 5.73 Å². The molecule has 1 spiro atoms. The number of hydrogen-bond acceptors (Lipinski definition) is 5. The van der Waals surface area contributed by atoms with Gasteiger partial charge < -0.3 is 15.4 Å². The van der Waals surface area contributed by atoms with Gasteiger partial charge in [-0.05, 0) is 36.4 Å². The molecule has 0 aliphatic carbocycles. The molecule has 0 atom stereocenters. The number of aldehydes is 1. The maximum atomic E-state index is 12.1. The van der Waals surface area contributed by atoms with E-state index in [1.807, 2.05) is 36.4 Å². The van der Waals surface area contributed by atoms with Gasteiger partial charge in [0.2, 0.25) is 0 Å². The summed E-state index contributed by atoms with van der Waals surface area (Å²) in [6.45, 7) is 9.33. The molecule has 1 fully saturated rings. The summed E-state index contributed by atoms with van der Waals surface area (Å²) in [5.41, 5.74) is 9.06. The number of Topliss-reactive ketones (excluding diaryl/α,β-unsaturated/α-hetero) is 1. The minimum absolute atomic E-state index is 0.130. The number of allylic oxidation sites excluding steroid dienone is 3. The van der Waals surface area contributed by atoms with E-state index in [0.29, 0.717) is 29.0 Å². The number of nitrogen functional groups attached to an aromatic ring is 1. The van der Waals surface area contributed by atoms with Gasteiger partial charge in [-0.1, -0.05) is 55.6 Å². The van der Waals surface area contributed by atoms with Crippen molar-refractivity contribution in [1.82, 2.24) is 4.90 Å². The Balaban J connectivity index is 0.000000182. The Bertz CT molecular complexity index is 1030. The summed E-state index contributed by atoms with van der Waals surface area (Å²) in [6, 6.07) is 15.4. The first kappa shape index (κ1) is 23.2. The fraction of sp³-hybridized carbons (Fsp3) is 0.259. The van der Waals surface area contributed by atoms with Crippen molar-refractivity contribution in [2.45, 2.75) is 24.9 Å². The van der Waals surface area contributed by atoms with E-state index in [2.05, 4.69) is 25.1 Å². The predicted octanol–water partition coefficient (Wildman–Crippen LogP) is 4.81. The van der Waals surface area contributed by atoms with Crippen molar-refractivity contribution in [3.05, 3.63) is 90.7 Å². The van der Waals surface area contributed by atoms with Crippen LogP contribution in [0.3, 0.4) is 0 Å². The first-order chi connectivity index (χ1) is 15.4. The van der Waals surface area contributed by atoms with Crippen molar-refractivity contribution in [2.75, 3.05) is 25.9 Å². The standard InChI is InChI=1S/C14H19NO2.C13H11NO/c1-4-11-12(16)10-14(17-13(11)5-2)6-8-15(3)9-7-14;14-13-7-6-11(8-12(13)9-15)10-4-2-1-3-5-10/h4-5H,1-2,6-10H2,3H3;1-9H,14H2. The summed E-state index contributed by atoms with van der Waals surface area (Å²) < 4.78 is 6.03. The Kier molecular flexibility index (Phi) is 7.44. The van der Waals surface area contributed by atoms with E-state index >= 15 is 0 Å². The molecule has 0 saturated carbocycles. The molecule has 2 N–H and O–H groups in total. The molecule has 2 aliphatic heterocycles. The number of hydrogen-bond donors (Lipinski definition) is 1. The molecule has 0 bridgehead atoms. The maximum Gasteiger partial charge on any atom is 0.170 e. The molecule has 0 unspecified atom stereocenters. The highest BCUT2D eigenvalue weighted by Crippen LogP contribution is 2.37. The van der Waals surface area contributed by atoms with Gasteiger partial charge in [0, 0.05) is 37.2 Å². The molecule has 0 aromatic heterocycles. The van der Waals surface area contributed by atoms with Gasteiger partial charge in [-0.3, -0.25) is 9.59 Å². The second-order valence-electron chi connectivity index (χ2n) is 8.20. The van der Waals surface area contributed by atoms with Gasteiger partial charge in [-0.15, -0.1) is 0 Å². The van der Waals surface area contributed by atoms with Crippen LogP contribution in [0.2, 0.25) is 0 Å². The van der Waals surface area contributed by atoms with Crippen molar-refractivity contribution < 1.29 is 14.3 Å². The lowest BCUT2D eigenvalue weighted by atomic mass is 9.82. The van der Waals surface area contributed by atoms with Gasteiger partial charge in [0.25, 0.3) is 0 Å². The summed E-state index contributed by atoms with van der Waals surface area (Å²) >= 11 is 0. The number of piperidine rings is 1. The Morgan fingerprint density at radius 2 is 1.72 bits per heavy atom. The van der Waals surface area contributed by atoms with E-state index < -0.39 is 0 Å². The number of benzene rings is 2. The normalized spacial score (nSPS) is 17.7. The summed E-state index contributed by atoms with van der Waals surface area (Å²) in [6.07, 6.45) is 6.24. The van der Waals surface area contributed by atoms with E-state index in [1.165, 1.54) is 0 Å². The van der Waals surface area contributed by atoms with Crippen LogP contribution in [-0.2, 0) is 9.53 Å². The lowest BCUT2D eigenvalue weighted by molar-refractivity contribution is -0.127. The van der Waals surface area contributed by atoms with Crippen LogP contribution in [0.1, 0.15) is 29.6 Å². The van der Waals surface area contributed by atoms with E-state index in [0.717, 1.165) is 43.3 Å². The molecule has 2 aromatic rings. The zero-order valence-electron chi connectivity index (χ0n) is 18.5. The quantitative estimate of drug-likeness (QED) is 0.556. The van der Waals surface area contributed by atoms with Crippen LogP contribution in [-0.4, -0.2) is 42.7 Å². The van der Waals surface area contributed by atoms with Gasteiger partial charge >= 0.3 is 0 Å². The third-order valence-electron chi connectivity index (χ3n) is 5.98. The number of ketones is 1. The highest BCUT2D eigenvalue weighted by molar-refractivity contribution is 6.00. The van der Waals surface area contributed by atoms with Crippen molar-refractivity contribution in [3.8, 4) is 11.1 Å². The number of likely N-dealkylation sites (tertiary alicyclic amines) is 1. The number of carbonyl (C=O) groups excluding carboxylic acids is 2. The summed E-state index contributed by atoms with van der Waals surface area (Å²) in [5, 5.41) is 0. The third-order valence-corrected chi connectivity index (χ3v) is 5.98. The topological polar surface area (TPSA) is 72.6 Å². The van der Waals surface area contributed by atoms with E-state index in [-0.39, 0.29) is 11.4 Å². The van der Waals surface area contributed by atoms with Gasteiger partial charge in [0.05, 0.1) is 12.0 Å². The highest BCUT2D eigenvalue weighted by Gasteiger charge is 2.42. The second kappa shape index (κ2) is 10.2.